The fraction of sp³-hybridized carbons (Fsp3) is 0.492. The topological polar surface area (TPSA) is 362 Å². The summed E-state index contributed by atoms with van der Waals surface area (Å²) in [6.07, 6.45) is 2.37. The third-order valence-electron chi connectivity index (χ3n) is 14.6. The third kappa shape index (κ3) is 26.2. The van der Waals surface area contributed by atoms with Crippen LogP contribution in [0.5, 0.6) is 0 Å². The molecule has 9 atom stereocenters. The van der Waals surface area contributed by atoms with Gasteiger partial charge in [-0.1, -0.05) is 149 Å². The van der Waals surface area contributed by atoms with E-state index in [1.54, 1.807) is 0 Å². The van der Waals surface area contributed by atoms with Gasteiger partial charge in [0.15, 0.2) is 5.78 Å². The second-order valence-corrected chi connectivity index (χ2v) is 23.0. The van der Waals surface area contributed by atoms with Crippen LogP contribution in [0.3, 0.4) is 0 Å². The minimum Gasteiger partial charge on any atom is -0.480 e. The van der Waals surface area contributed by atoms with E-state index in [9.17, 15) is 48.3 Å². The minimum absolute atomic E-state index is 0.0499. The van der Waals surface area contributed by atoms with Gasteiger partial charge in [-0.2, -0.15) is 0 Å². The number of carboxylic acid groups (broad SMARTS) is 1. The van der Waals surface area contributed by atoms with Crippen molar-refractivity contribution >= 4 is 53.1 Å². The third-order valence-corrected chi connectivity index (χ3v) is 14.6. The number of amides is 7. The molecule has 16 N–H and O–H groups in total. The Balaban J connectivity index is 1.37. The SMILES string of the molecule is CC(C)C[C@@H](NC(=O)[C@H](CC(=O)[C@H](N)Cc1ccccc1)Cc1ccccc1)C(=O)N[C@H](CCCN)C(=O)N[C@@H](CCCCNC(=O)[C@@H](CCCN)NC(=O)[C@@H](CC(C)C)NC(=O)[C@@H](Cc1ccccc1)NC(=O)[C@H](N)Cc1ccccc1)C(=O)O. The van der Waals surface area contributed by atoms with E-state index < -0.39 is 102 Å². The first kappa shape index (κ1) is 70.6. The highest BCUT2D eigenvalue weighted by molar-refractivity contribution is 5.96. The lowest BCUT2D eigenvalue weighted by Gasteiger charge is -2.27. The molecule has 0 heterocycles. The number of Topliss-reactive ketones (excluding diaryl/α,β-unsaturated/α-hetero) is 1. The Bertz CT molecular complexity index is 2740. The predicted molar refractivity (Wildman–Crippen MR) is 331 cm³/mol. The Hall–Kier alpha value is -7.85. The van der Waals surface area contributed by atoms with Crippen molar-refractivity contribution in [1.82, 2.24) is 37.2 Å². The van der Waals surface area contributed by atoms with Crippen LogP contribution in [0, 0.1) is 17.8 Å². The van der Waals surface area contributed by atoms with Crippen molar-refractivity contribution in [3.8, 4) is 0 Å². The molecule has 7 amide bonds. The average molecular weight is 1190 g/mol. The van der Waals surface area contributed by atoms with Gasteiger partial charge in [0.05, 0.1) is 12.1 Å². The average Bonchev–Trinajstić information content (AvgIpc) is 3.53. The van der Waals surface area contributed by atoms with Gasteiger partial charge >= 0.3 is 5.97 Å². The van der Waals surface area contributed by atoms with Crippen molar-refractivity contribution in [1.29, 1.82) is 0 Å². The van der Waals surface area contributed by atoms with Crippen LogP contribution in [0.15, 0.2) is 121 Å². The van der Waals surface area contributed by atoms with Gasteiger partial charge in [0.2, 0.25) is 41.4 Å². The van der Waals surface area contributed by atoms with Crippen LogP contribution < -0.4 is 60.2 Å². The summed E-state index contributed by atoms with van der Waals surface area (Å²) in [7, 11) is 0. The number of carboxylic acids is 1. The summed E-state index contributed by atoms with van der Waals surface area (Å²) in [5.41, 5.74) is 27.6. The molecule has 0 bridgehead atoms. The maximum absolute atomic E-state index is 14.2. The monoisotopic (exact) mass is 1190 g/mol. The number of ketones is 1. The van der Waals surface area contributed by atoms with E-state index >= 15 is 0 Å². The smallest absolute Gasteiger partial charge is 0.326 e. The maximum atomic E-state index is 14.2. The fourth-order valence-corrected chi connectivity index (χ4v) is 9.86. The highest BCUT2D eigenvalue weighted by Gasteiger charge is 2.34. The van der Waals surface area contributed by atoms with E-state index in [0.717, 1.165) is 22.3 Å². The Morgan fingerprint density at radius 2 is 0.756 bits per heavy atom. The number of rotatable bonds is 40. The molecule has 0 spiro atoms. The van der Waals surface area contributed by atoms with Gasteiger partial charge in [0.1, 0.15) is 36.3 Å². The molecule has 0 radical (unpaired) electrons. The zero-order chi connectivity index (χ0) is 63.0. The van der Waals surface area contributed by atoms with E-state index in [1.165, 1.54) is 0 Å². The standard InChI is InChI=1S/C65H93N11O10/c1-42(2)35-54(74-58(78)48(37-44-21-9-5-10-22-44)41-57(77)49(68)38-45-23-11-6-12-24-45)62(82)72-52(31-20-33-67)61(81)73-53(65(85)86)29-17-18-34-70-60(80)51(30-19-32-66)71-63(83)55(36-43(3)4)76-64(84)56(40-47-27-15-8-16-28-47)75-59(79)50(69)39-46-25-13-7-14-26-46/h5-16,21-28,42-43,48-56H,17-20,29-41,66-69H2,1-4H3,(H,70,80)(H,71,83)(H,72,82)(H,73,81)(H,74,78)(H,75,79)(H,76,84)(H,85,86)/t48-,49+,50+,51+,52+,53-,54+,55+,56+/m0/s1. The summed E-state index contributed by atoms with van der Waals surface area (Å²) in [6, 6.07) is 28.0. The molecule has 0 fully saturated rings. The summed E-state index contributed by atoms with van der Waals surface area (Å²) < 4.78 is 0. The molecule has 0 aliphatic heterocycles. The number of carbonyl (C=O) groups excluding carboxylic acids is 8. The molecular weight excluding hydrogens is 1090 g/mol. The van der Waals surface area contributed by atoms with Crippen LogP contribution in [0.1, 0.15) is 114 Å². The Morgan fingerprint density at radius 1 is 0.395 bits per heavy atom. The molecule has 86 heavy (non-hydrogen) atoms. The van der Waals surface area contributed by atoms with Crippen molar-refractivity contribution in [3.05, 3.63) is 144 Å². The second-order valence-electron chi connectivity index (χ2n) is 23.0. The van der Waals surface area contributed by atoms with Crippen LogP contribution in [0.2, 0.25) is 0 Å². The Labute approximate surface area is 506 Å². The van der Waals surface area contributed by atoms with E-state index in [0.29, 0.717) is 12.8 Å². The van der Waals surface area contributed by atoms with Gasteiger partial charge in [-0.15, -0.1) is 0 Å². The molecule has 4 aromatic carbocycles. The fourth-order valence-electron chi connectivity index (χ4n) is 9.86. The second kappa shape index (κ2) is 38.2. The van der Waals surface area contributed by atoms with Crippen molar-refractivity contribution in [2.45, 2.75) is 166 Å². The van der Waals surface area contributed by atoms with Gasteiger partial charge in [-0.3, -0.25) is 38.4 Å². The number of unbranched alkanes of at least 4 members (excludes halogenated alkanes) is 1. The first-order valence-electron chi connectivity index (χ1n) is 30.1. The van der Waals surface area contributed by atoms with Crippen LogP contribution in [-0.2, 0) is 68.8 Å². The molecule has 0 saturated carbocycles. The molecule has 4 aromatic rings. The summed E-state index contributed by atoms with van der Waals surface area (Å²) in [4.78, 5) is 124. The maximum Gasteiger partial charge on any atom is 0.326 e. The van der Waals surface area contributed by atoms with Gasteiger partial charge in [0.25, 0.3) is 0 Å². The number of aliphatic carboxylic acids is 1. The predicted octanol–water partition coefficient (Wildman–Crippen LogP) is 3.04. The Kier molecular flexibility index (Phi) is 31.4. The highest BCUT2D eigenvalue weighted by Crippen LogP contribution is 2.18. The van der Waals surface area contributed by atoms with Crippen molar-refractivity contribution < 1.29 is 48.3 Å². The molecule has 0 aliphatic rings. The van der Waals surface area contributed by atoms with E-state index in [1.807, 2.05) is 149 Å². The number of carbonyl (C=O) groups is 9. The number of nitrogens with one attached hydrogen (secondary N) is 7. The molecule has 21 nitrogen and oxygen atoms in total. The van der Waals surface area contributed by atoms with Crippen LogP contribution in [0.4, 0.5) is 0 Å². The van der Waals surface area contributed by atoms with Crippen LogP contribution in [0.25, 0.3) is 0 Å². The number of benzene rings is 4. The van der Waals surface area contributed by atoms with Gasteiger partial charge in [0, 0.05) is 25.3 Å². The quantitative estimate of drug-likeness (QED) is 0.0285. The Morgan fingerprint density at radius 3 is 1.21 bits per heavy atom. The zero-order valence-electron chi connectivity index (χ0n) is 50.3. The van der Waals surface area contributed by atoms with E-state index in [-0.39, 0.29) is 114 Å². The molecule has 0 unspecified atom stereocenters. The van der Waals surface area contributed by atoms with E-state index in [4.69, 9.17) is 22.9 Å². The first-order chi connectivity index (χ1) is 41.2. The van der Waals surface area contributed by atoms with E-state index in [2.05, 4.69) is 37.2 Å². The molecule has 0 saturated heterocycles. The summed E-state index contributed by atoms with van der Waals surface area (Å²) >= 11 is 0. The van der Waals surface area contributed by atoms with Crippen molar-refractivity contribution in [2.24, 2.45) is 40.7 Å². The van der Waals surface area contributed by atoms with Gasteiger partial charge in [-0.25, -0.2) is 4.79 Å². The van der Waals surface area contributed by atoms with Gasteiger partial charge in [-0.05, 0) is 124 Å². The summed E-state index contributed by atoms with van der Waals surface area (Å²) in [6.45, 7) is 7.95. The summed E-state index contributed by atoms with van der Waals surface area (Å²) in [5, 5.41) is 29.6. The van der Waals surface area contributed by atoms with Crippen LogP contribution in [-0.4, -0.2) is 126 Å². The molecule has 468 valence electrons. The number of nitrogens with two attached hydrogens (primary N) is 4. The molecule has 4 rings (SSSR count). The lowest BCUT2D eigenvalue weighted by atomic mass is 9.89. The van der Waals surface area contributed by atoms with Crippen LogP contribution >= 0.6 is 0 Å². The molecule has 0 aromatic heterocycles. The first-order valence-corrected chi connectivity index (χ1v) is 30.1. The normalized spacial score (nSPS) is 14.4. The minimum atomic E-state index is -1.39. The zero-order valence-corrected chi connectivity index (χ0v) is 50.3. The molecular formula is C65H93N11O10. The van der Waals surface area contributed by atoms with Gasteiger partial charge < -0.3 is 65.3 Å². The lowest BCUT2D eigenvalue weighted by molar-refractivity contribution is -0.142. The van der Waals surface area contributed by atoms with Crippen molar-refractivity contribution in [3.63, 3.8) is 0 Å². The van der Waals surface area contributed by atoms with Crippen molar-refractivity contribution in [2.75, 3.05) is 19.6 Å². The number of hydrogen-bond acceptors (Lipinski definition) is 13. The lowest BCUT2D eigenvalue weighted by Crippen LogP contribution is -2.58. The largest absolute Gasteiger partial charge is 0.480 e. The summed E-state index contributed by atoms with van der Waals surface area (Å²) in [5.74, 6) is -6.99. The number of hydrogen-bond donors (Lipinski definition) is 12. The molecule has 0 aliphatic carbocycles. The molecule has 21 heteroatoms. The highest BCUT2D eigenvalue weighted by atomic mass is 16.4.